The fourth-order valence-corrected chi connectivity index (χ4v) is 2.05. The van der Waals surface area contributed by atoms with E-state index in [-0.39, 0.29) is 0 Å². The van der Waals surface area contributed by atoms with Gasteiger partial charge in [-0.15, -0.1) is 0 Å². The Morgan fingerprint density at radius 3 is 2.11 bits per heavy atom. The fourth-order valence-electron chi connectivity index (χ4n) is 2.05. The van der Waals surface area contributed by atoms with E-state index >= 15 is 0 Å². The molecule has 2 N–H and O–H groups in total. The molecule has 0 bridgehead atoms. The number of nitrogens with zero attached hydrogens (tertiary/aromatic N) is 1. The van der Waals surface area contributed by atoms with E-state index in [0.717, 1.165) is 19.6 Å². The van der Waals surface area contributed by atoms with Crippen molar-refractivity contribution in [3.05, 3.63) is 35.9 Å². The summed E-state index contributed by atoms with van der Waals surface area (Å²) in [4.78, 5) is 20.7. The maximum atomic E-state index is 9.10. The number of rotatable bonds is 2. The van der Waals surface area contributed by atoms with Gasteiger partial charge >= 0.3 is 11.9 Å². The molecule has 2 aliphatic rings. The Labute approximate surface area is 110 Å². The van der Waals surface area contributed by atoms with E-state index in [1.165, 1.54) is 5.56 Å². The topological polar surface area (TPSA) is 90.4 Å². The highest BCUT2D eigenvalue weighted by Gasteiger charge is 2.46. The van der Waals surface area contributed by atoms with Crippen LogP contribution in [0.5, 0.6) is 0 Å². The first kappa shape index (κ1) is 13.5. The van der Waals surface area contributed by atoms with Crippen LogP contribution in [-0.2, 0) is 20.9 Å². The molecular weight excluding hydrogens is 250 g/mol. The van der Waals surface area contributed by atoms with Gasteiger partial charge in [0, 0.05) is 19.6 Å². The van der Waals surface area contributed by atoms with E-state index in [4.69, 9.17) is 24.5 Å². The van der Waals surface area contributed by atoms with Crippen molar-refractivity contribution in [2.75, 3.05) is 13.1 Å². The summed E-state index contributed by atoms with van der Waals surface area (Å²) in [7, 11) is 0. The zero-order valence-electron chi connectivity index (χ0n) is 10.2. The lowest BCUT2D eigenvalue weighted by molar-refractivity contribution is -0.159. The van der Waals surface area contributed by atoms with Gasteiger partial charge in [-0.1, -0.05) is 30.3 Å². The highest BCUT2D eigenvalue weighted by molar-refractivity contribution is 6.27. The van der Waals surface area contributed by atoms with Crippen molar-refractivity contribution in [3.63, 3.8) is 0 Å². The number of benzene rings is 1. The molecule has 6 nitrogen and oxygen atoms in total. The van der Waals surface area contributed by atoms with Crippen LogP contribution in [0.2, 0.25) is 0 Å². The van der Waals surface area contributed by atoms with Crippen molar-refractivity contribution in [2.24, 2.45) is 0 Å². The van der Waals surface area contributed by atoms with Gasteiger partial charge in [-0.05, 0) is 5.56 Å². The van der Waals surface area contributed by atoms with Gasteiger partial charge in [-0.25, -0.2) is 9.59 Å². The predicted molar refractivity (Wildman–Crippen MR) is 65.7 cm³/mol. The molecule has 0 saturated carbocycles. The standard InChI is InChI=1S/C11H13NO.C2H2O4/c1-2-4-9(5-3-1)6-12-7-10-11(8-12)13-10;3-1(4)2(5)6/h1-5,10-11H,6-8H2;(H,3,4)(H,5,6). The zero-order valence-corrected chi connectivity index (χ0v) is 10.2. The van der Waals surface area contributed by atoms with Gasteiger partial charge in [0.05, 0.1) is 12.2 Å². The lowest BCUT2D eigenvalue weighted by atomic mass is 10.2. The molecule has 6 heteroatoms. The fraction of sp³-hybridized carbons (Fsp3) is 0.385. The third kappa shape index (κ3) is 4.04. The van der Waals surface area contributed by atoms with Crippen molar-refractivity contribution < 1.29 is 24.5 Å². The largest absolute Gasteiger partial charge is 0.473 e. The summed E-state index contributed by atoms with van der Waals surface area (Å²) in [6, 6.07) is 10.6. The highest BCUT2D eigenvalue weighted by atomic mass is 16.6. The summed E-state index contributed by atoms with van der Waals surface area (Å²) in [6.45, 7) is 3.33. The van der Waals surface area contributed by atoms with E-state index < -0.39 is 11.9 Å². The number of carbonyl (C=O) groups is 2. The molecular formula is C13H15NO5. The lowest BCUT2D eigenvalue weighted by Gasteiger charge is -2.16. The molecule has 1 aromatic rings. The lowest BCUT2D eigenvalue weighted by Crippen LogP contribution is -2.23. The van der Waals surface area contributed by atoms with Gasteiger partial charge in [-0.3, -0.25) is 4.90 Å². The molecule has 2 unspecified atom stereocenters. The molecule has 2 atom stereocenters. The quantitative estimate of drug-likeness (QED) is 0.595. The number of epoxide rings is 1. The van der Waals surface area contributed by atoms with E-state index in [1.54, 1.807) is 0 Å². The molecule has 2 fully saturated rings. The van der Waals surface area contributed by atoms with Gasteiger partial charge < -0.3 is 14.9 Å². The van der Waals surface area contributed by atoms with Crippen LogP contribution in [0.3, 0.4) is 0 Å². The van der Waals surface area contributed by atoms with Crippen LogP contribution < -0.4 is 0 Å². The van der Waals surface area contributed by atoms with Gasteiger partial charge in [0.1, 0.15) is 0 Å². The second-order valence-electron chi connectivity index (χ2n) is 4.50. The predicted octanol–water partition coefficient (Wildman–Crippen LogP) is 0.425. The Kier molecular flexibility index (Phi) is 4.13. The Morgan fingerprint density at radius 2 is 1.63 bits per heavy atom. The van der Waals surface area contributed by atoms with Crippen LogP contribution in [0.1, 0.15) is 5.56 Å². The number of hydrogen-bond donors (Lipinski definition) is 2. The second kappa shape index (κ2) is 5.81. The van der Waals surface area contributed by atoms with Gasteiger partial charge in [-0.2, -0.15) is 0 Å². The minimum absolute atomic E-state index is 0.559. The Bertz CT molecular complexity index is 439. The van der Waals surface area contributed by atoms with Crippen molar-refractivity contribution in [3.8, 4) is 0 Å². The average molecular weight is 265 g/mol. The SMILES string of the molecule is O=C(O)C(=O)O.c1ccc(CN2CC3OC3C2)cc1. The molecule has 102 valence electrons. The molecule has 0 radical (unpaired) electrons. The van der Waals surface area contributed by atoms with E-state index in [0.29, 0.717) is 12.2 Å². The minimum Gasteiger partial charge on any atom is -0.473 e. The Morgan fingerprint density at radius 1 is 1.11 bits per heavy atom. The molecule has 3 rings (SSSR count). The molecule has 0 aliphatic carbocycles. The summed E-state index contributed by atoms with van der Waals surface area (Å²) in [5.74, 6) is -3.65. The van der Waals surface area contributed by atoms with Gasteiger partial charge in [0.25, 0.3) is 0 Å². The average Bonchev–Trinajstić information content (AvgIpc) is 2.99. The maximum absolute atomic E-state index is 9.10. The van der Waals surface area contributed by atoms with Crippen LogP contribution in [0.15, 0.2) is 30.3 Å². The van der Waals surface area contributed by atoms with Crippen LogP contribution in [0.25, 0.3) is 0 Å². The number of hydrogen-bond acceptors (Lipinski definition) is 4. The molecule has 2 heterocycles. The minimum atomic E-state index is -1.82. The van der Waals surface area contributed by atoms with Crippen LogP contribution in [-0.4, -0.2) is 52.3 Å². The molecule has 2 saturated heterocycles. The van der Waals surface area contributed by atoms with E-state index in [1.807, 2.05) is 0 Å². The third-order valence-corrected chi connectivity index (χ3v) is 3.00. The molecule has 19 heavy (non-hydrogen) atoms. The van der Waals surface area contributed by atoms with Crippen LogP contribution >= 0.6 is 0 Å². The molecule has 2 aliphatic heterocycles. The molecule has 0 spiro atoms. The van der Waals surface area contributed by atoms with Gasteiger partial charge in [0.2, 0.25) is 0 Å². The van der Waals surface area contributed by atoms with Crippen molar-refractivity contribution in [1.29, 1.82) is 0 Å². The number of fused-ring (bicyclic) bond motifs is 1. The monoisotopic (exact) mass is 265 g/mol. The molecule has 0 amide bonds. The number of morpholine rings is 1. The van der Waals surface area contributed by atoms with E-state index in [9.17, 15) is 0 Å². The Balaban J connectivity index is 0.000000192. The summed E-state index contributed by atoms with van der Waals surface area (Å²) < 4.78 is 5.38. The first-order valence-corrected chi connectivity index (χ1v) is 5.94. The van der Waals surface area contributed by atoms with Gasteiger partial charge in [0.15, 0.2) is 0 Å². The number of carboxylic acid groups (broad SMARTS) is 2. The normalized spacial score (nSPS) is 24.0. The zero-order chi connectivity index (χ0) is 13.8. The maximum Gasteiger partial charge on any atom is 0.414 e. The van der Waals surface area contributed by atoms with Crippen LogP contribution in [0.4, 0.5) is 0 Å². The van der Waals surface area contributed by atoms with Crippen molar-refractivity contribution in [1.82, 2.24) is 4.90 Å². The number of carboxylic acids is 2. The molecule has 0 aromatic heterocycles. The highest BCUT2D eigenvalue weighted by Crippen LogP contribution is 2.31. The Hall–Kier alpha value is -1.92. The summed E-state index contributed by atoms with van der Waals surface area (Å²) in [6.07, 6.45) is 1.12. The smallest absolute Gasteiger partial charge is 0.414 e. The number of likely N-dealkylation sites (tertiary alicyclic amines) is 1. The molecule has 1 aromatic carbocycles. The van der Waals surface area contributed by atoms with E-state index in [2.05, 4.69) is 35.2 Å². The van der Waals surface area contributed by atoms with Crippen LogP contribution in [0, 0.1) is 0 Å². The number of aliphatic carboxylic acids is 2. The summed E-state index contributed by atoms with van der Waals surface area (Å²) in [5, 5.41) is 14.8. The first-order valence-electron chi connectivity index (χ1n) is 5.94. The summed E-state index contributed by atoms with van der Waals surface area (Å²) in [5.41, 5.74) is 1.41. The number of ether oxygens (including phenoxy) is 1. The second-order valence-corrected chi connectivity index (χ2v) is 4.50. The third-order valence-electron chi connectivity index (χ3n) is 3.00. The first-order chi connectivity index (χ1) is 9.06. The van der Waals surface area contributed by atoms with Crippen molar-refractivity contribution >= 4 is 11.9 Å². The van der Waals surface area contributed by atoms with Crippen molar-refractivity contribution in [2.45, 2.75) is 18.8 Å². The summed E-state index contributed by atoms with van der Waals surface area (Å²) >= 11 is 0.